The minimum atomic E-state index is -3.86. The van der Waals surface area contributed by atoms with Crippen LogP contribution in [0.1, 0.15) is 27.9 Å². The maximum Gasteiger partial charge on any atom is 0.280 e. The first-order valence-corrected chi connectivity index (χ1v) is 11.7. The van der Waals surface area contributed by atoms with Gasteiger partial charge in [-0.25, -0.2) is 18.1 Å². The summed E-state index contributed by atoms with van der Waals surface area (Å²) in [4.78, 5) is 21.8. The Kier molecular flexibility index (Phi) is 5.96. The van der Waals surface area contributed by atoms with E-state index in [4.69, 9.17) is 0 Å². The van der Waals surface area contributed by atoms with Gasteiger partial charge in [-0.2, -0.15) is 0 Å². The number of rotatable bonds is 8. The quantitative estimate of drug-likeness (QED) is 0.455. The molecule has 3 N–H and O–H groups in total. The van der Waals surface area contributed by atoms with Crippen LogP contribution in [0.4, 0.5) is 0 Å². The summed E-state index contributed by atoms with van der Waals surface area (Å²) in [5, 5.41) is 10.6. The lowest BCUT2D eigenvalue weighted by atomic mass is 10.0. The van der Waals surface area contributed by atoms with Crippen molar-refractivity contribution in [3.8, 4) is 17.1 Å². The molecule has 2 aromatic carbocycles. The van der Waals surface area contributed by atoms with Gasteiger partial charge in [-0.05, 0) is 38.7 Å². The van der Waals surface area contributed by atoms with E-state index in [-0.39, 0.29) is 39.7 Å². The van der Waals surface area contributed by atoms with E-state index < -0.39 is 15.9 Å². The number of hydrogen-bond acceptors (Lipinski definition) is 5. The van der Waals surface area contributed by atoms with Crippen LogP contribution < -0.4 is 4.72 Å². The van der Waals surface area contributed by atoms with E-state index >= 15 is 0 Å². The van der Waals surface area contributed by atoms with Crippen molar-refractivity contribution in [2.45, 2.75) is 11.3 Å². The Balaban J connectivity index is 1.73. The molecule has 1 amide bonds. The van der Waals surface area contributed by atoms with Gasteiger partial charge in [0.25, 0.3) is 5.91 Å². The summed E-state index contributed by atoms with van der Waals surface area (Å²) in [5.74, 6) is -0.758. The third-order valence-corrected chi connectivity index (χ3v) is 6.73. The van der Waals surface area contributed by atoms with Crippen molar-refractivity contribution in [3.05, 3.63) is 71.3 Å². The normalized spacial score (nSPS) is 13.5. The molecular weight excluding hydrogens is 428 g/mol. The number of carbonyl (C=O) groups is 1. The third-order valence-electron chi connectivity index (χ3n) is 5.21. The molecule has 9 heteroatoms. The number of aliphatic imine (C=N–C) groups is 1. The predicted molar refractivity (Wildman–Crippen MR) is 123 cm³/mol. The highest BCUT2D eigenvalue weighted by Gasteiger charge is 2.35. The number of nitrogens with zero attached hydrogens (tertiary/aromatic N) is 2. The number of aromatic amines is 1. The van der Waals surface area contributed by atoms with Crippen LogP contribution in [-0.2, 0) is 10.0 Å². The van der Waals surface area contributed by atoms with Gasteiger partial charge in [-0.15, -0.1) is 0 Å². The van der Waals surface area contributed by atoms with Crippen LogP contribution >= 0.6 is 0 Å². The van der Waals surface area contributed by atoms with Gasteiger partial charge in [-0.1, -0.05) is 48.5 Å². The highest BCUT2D eigenvalue weighted by Crippen LogP contribution is 2.38. The maximum atomic E-state index is 13.0. The molecule has 0 fully saturated rings. The first-order chi connectivity index (χ1) is 15.3. The largest absolute Gasteiger partial charge is 0.494 e. The second kappa shape index (κ2) is 8.70. The van der Waals surface area contributed by atoms with Crippen molar-refractivity contribution < 1.29 is 18.3 Å². The number of H-pyrrole nitrogens is 1. The third kappa shape index (κ3) is 4.10. The van der Waals surface area contributed by atoms with E-state index in [0.29, 0.717) is 12.1 Å². The van der Waals surface area contributed by atoms with Crippen molar-refractivity contribution in [2.24, 2.45) is 4.99 Å². The molecule has 0 aliphatic carbocycles. The van der Waals surface area contributed by atoms with E-state index in [9.17, 15) is 18.3 Å². The van der Waals surface area contributed by atoms with Crippen molar-refractivity contribution in [3.63, 3.8) is 0 Å². The lowest BCUT2D eigenvalue weighted by Gasteiger charge is -2.13. The highest BCUT2D eigenvalue weighted by atomic mass is 32.2. The molecule has 1 aliphatic heterocycles. The average molecular weight is 453 g/mol. The number of amides is 1. The van der Waals surface area contributed by atoms with E-state index in [1.54, 1.807) is 18.2 Å². The summed E-state index contributed by atoms with van der Waals surface area (Å²) in [6, 6.07) is 15.5. The maximum absolute atomic E-state index is 13.0. The standard InChI is InChI=1S/C23H24N4O4S/c1-27(2)14-8-13-24-32(30,31)17-12-7-6-11-16(17)21-19-18(22(28)26-21)20(25-23(19)29)15-9-4-3-5-10-15/h3-7,9-12,24-25,29H,8,13-14H2,1-2H3. The monoisotopic (exact) mass is 452 g/mol. The molecule has 0 saturated carbocycles. The fraction of sp³-hybridized carbons (Fsp3) is 0.217. The van der Waals surface area contributed by atoms with E-state index in [2.05, 4.69) is 14.7 Å². The highest BCUT2D eigenvalue weighted by molar-refractivity contribution is 7.89. The lowest BCUT2D eigenvalue weighted by Crippen LogP contribution is -2.28. The number of hydrogen-bond donors (Lipinski definition) is 3. The molecule has 32 heavy (non-hydrogen) atoms. The minimum absolute atomic E-state index is 0.00566. The van der Waals surface area contributed by atoms with Crippen LogP contribution in [0.5, 0.6) is 5.88 Å². The SMILES string of the molecule is CN(C)CCCNS(=O)(=O)c1ccccc1C1=NC(=O)c2c(-c3ccccc3)[nH]c(O)c21. The Bertz CT molecular complexity index is 1290. The Morgan fingerprint density at radius 1 is 1.03 bits per heavy atom. The molecule has 8 nitrogen and oxygen atoms in total. The Morgan fingerprint density at radius 2 is 1.72 bits per heavy atom. The molecule has 1 aliphatic rings. The summed E-state index contributed by atoms with van der Waals surface area (Å²) in [7, 11) is -0.0164. The van der Waals surface area contributed by atoms with Crippen molar-refractivity contribution in [1.29, 1.82) is 0 Å². The van der Waals surface area contributed by atoms with Gasteiger partial charge in [0.05, 0.1) is 27.4 Å². The zero-order valence-corrected chi connectivity index (χ0v) is 18.6. The Labute approximate surface area is 186 Å². The molecule has 0 atom stereocenters. The zero-order chi connectivity index (χ0) is 22.9. The zero-order valence-electron chi connectivity index (χ0n) is 17.8. The Morgan fingerprint density at radius 3 is 2.44 bits per heavy atom. The topological polar surface area (TPSA) is 115 Å². The number of carbonyl (C=O) groups excluding carboxylic acids is 1. The van der Waals surface area contributed by atoms with Gasteiger partial charge in [-0.3, -0.25) is 4.79 Å². The second-order valence-corrected chi connectivity index (χ2v) is 9.52. The molecular formula is C23H24N4O4S. The van der Waals surface area contributed by atoms with E-state index in [0.717, 1.165) is 12.1 Å². The van der Waals surface area contributed by atoms with Crippen LogP contribution in [0.25, 0.3) is 11.3 Å². The number of fused-ring (bicyclic) bond motifs is 1. The van der Waals surface area contributed by atoms with Gasteiger partial charge >= 0.3 is 0 Å². The van der Waals surface area contributed by atoms with Crippen molar-refractivity contribution >= 4 is 21.6 Å². The molecule has 0 bridgehead atoms. The predicted octanol–water partition coefficient (Wildman–Crippen LogP) is 2.61. The molecule has 4 rings (SSSR count). The molecule has 0 radical (unpaired) electrons. The summed E-state index contributed by atoms with van der Waals surface area (Å²) in [6.07, 6.45) is 0.650. The van der Waals surface area contributed by atoms with Gasteiger partial charge in [0.1, 0.15) is 0 Å². The number of nitrogens with one attached hydrogen (secondary N) is 2. The summed E-state index contributed by atoms with van der Waals surface area (Å²) >= 11 is 0. The second-order valence-electron chi connectivity index (χ2n) is 7.78. The number of benzene rings is 2. The molecule has 166 valence electrons. The number of aromatic nitrogens is 1. The van der Waals surface area contributed by atoms with E-state index in [1.807, 2.05) is 49.3 Å². The van der Waals surface area contributed by atoms with Crippen molar-refractivity contribution in [1.82, 2.24) is 14.6 Å². The fourth-order valence-electron chi connectivity index (χ4n) is 3.74. The molecule has 0 spiro atoms. The Hall–Kier alpha value is -3.27. The molecule has 3 aromatic rings. The van der Waals surface area contributed by atoms with Crippen LogP contribution in [0, 0.1) is 0 Å². The smallest absolute Gasteiger partial charge is 0.280 e. The van der Waals surface area contributed by atoms with Crippen molar-refractivity contribution in [2.75, 3.05) is 27.2 Å². The fourth-order valence-corrected chi connectivity index (χ4v) is 5.02. The van der Waals surface area contributed by atoms with Crippen LogP contribution in [-0.4, -0.2) is 62.2 Å². The number of aromatic hydroxyl groups is 1. The summed E-state index contributed by atoms with van der Waals surface area (Å²) in [5.41, 5.74) is 2.00. The van der Waals surface area contributed by atoms with Gasteiger partial charge in [0.15, 0.2) is 5.88 Å². The summed E-state index contributed by atoms with van der Waals surface area (Å²) < 4.78 is 28.7. The van der Waals surface area contributed by atoms with Gasteiger partial charge in [0, 0.05) is 12.1 Å². The first kappa shape index (κ1) is 21.9. The average Bonchev–Trinajstić information content (AvgIpc) is 3.30. The van der Waals surface area contributed by atoms with Crippen LogP contribution in [0.3, 0.4) is 0 Å². The van der Waals surface area contributed by atoms with Crippen LogP contribution in [0.15, 0.2) is 64.5 Å². The molecule has 2 heterocycles. The van der Waals surface area contributed by atoms with Crippen LogP contribution in [0.2, 0.25) is 0 Å². The molecule has 1 aromatic heterocycles. The molecule has 0 saturated heterocycles. The van der Waals surface area contributed by atoms with E-state index in [1.165, 1.54) is 6.07 Å². The number of sulfonamides is 1. The minimum Gasteiger partial charge on any atom is -0.494 e. The van der Waals surface area contributed by atoms with Gasteiger partial charge in [0.2, 0.25) is 10.0 Å². The molecule has 0 unspecified atom stereocenters. The lowest BCUT2D eigenvalue weighted by molar-refractivity contribution is 0.101. The first-order valence-electron chi connectivity index (χ1n) is 10.2. The van der Waals surface area contributed by atoms with Gasteiger partial charge < -0.3 is 15.0 Å². The summed E-state index contributed by atoms with van der Waals surface area (Å²) in [6.45, 7) is 1.02.